The molecule has 0 unspecified atom stereocenters. The lowest BCUT2D eigenvalue weighted by Crippen LogP contribution is -2.40. The Morgan fingerprint density at radius 1 is 1.26 bits per heavy atom. The van der Waals surface area contributed by atoms with E-state index in [1.54, 1.807) is 0 Å². The largest absolute Gasteiger partial charge is 0.396 e. The number of urea groups is 1. The number of rotatable bonds is 7. The molecule has 0 aliphatic heterocycles. The fraction of sp³-hybridized carbons (Fsp3) is 0.462. The molecule has 3 N–H and O–H groups in total. The van der Waals surface area contributed by atoms with Crippen LogP contribution in [-0.4, -0.2) is 30.7 Å². The first-order chi connectivity index (χ1) is 9.13. The summed E-state index contributed by atoms with van der Waals surface area (Å²) in [6.45, 7) is -0.656. The third-order valence-electron chi connectivity index (χ3n) is 2.58. The maximum atomic E-state index is 12.0. The van der Waals surface area contributed by atoms with Crippen molar-refractivity contribution in [2.45, 2.75) is 25.3 Å². The van der Waals surface area contributed by atoms with Crippen molar-refractivity contribution < 1.29 is 18.7 Å². The predicted octanol–water partition coefficient (Wildman–Crippen LogP) is 2.06. The minimum Gasteiger partial charge on any atom is -0.396 e. The Bertz CT molecular complexity index is 374. The van der Waals surface area contributed by atoms with Crippen LogP contribution in [0.5, 0.6) is 0 Å². The summed E-state index contributed by atoms with van der Waals surface area (Å²) in [7, 11) is 0. The number of carbonyl (C=O) groups excluding carboxylic acids is 1. The van der Waals surface area contributed by atoms with E-state index in [-0.39, 0.29) is 12.6 Å². The molecule has 1 aromatic rings. The second-order valence-corrected chi connectivity index (χ2v) is 4.07. The highest BCUT2D eigenvalue weighted by atomic mass is 19.3. The normalized spacial score (nSPS) is 12.2. The highest BCUT2D eigenvalue weighted by Gasteiger charge is 2.14. The monoisotopic (exact) mass is 272 g/mol. The van der Waals surface area contributed by atoms with Gasteiger partial charge in [0.25, 0.3) is 6.43 Å². The maximum Gasteiger partial charge on any atom is 0.315 e. The molecule has 0 heterocycles. The molecule has 0 saturated heterocycles. The first kappa shape index (κ1) is 15.4. The minimum atomic E-state index is -2.57. The van der Waals surface area contributed by atoms with Crippen molar-refractivity contribution in [3.05, 3.63) is 35.9 Å². The van der Waals surface area contributed by atoms with Crippen molar-refractivity contribution in [2.75, 3.05) is 13.2 Å². The predicted molar refractivity (Wildman–Crippen MR) is 68.0 cm³/mol. The summed E-state index contributed by atoms with van der Waals surface area (Å²) in [6, 6.07) is 8.27. The van der Waals surface area contributed by atoms with Crippen LogP contribution >= 0.6 is 0 Å². The van der Waals surface area contributed by atoms with Gasteiger partial charge in [0.2, 0.25) is 0 Å². The van der Waals surface area contributed by atoms with E-state index in [0.29, 0.717) is 12.8 Å². The van der Waals surface area contributed by atoms with Crippen molar-refractivity contribution in [3.63, 3.8) is 0 Å². The molecular weight excluding hydrogens is 254 g/mol. The summed E-state index contributed by atoms with van der Waals surface area (Å²) in [5.74, 6) is 0. The van der Waals surface area contributed by atoms with Gasteiger partial charge in [-0.25, -0.2) is 13.6 Å². The fourth-order valence-electron chi connectivity index (χ4n) is 1.68. The van der Waals surface area contributed by atoms with Gasteiger partial charge in [-0.05, 0) is 18.4 Å². The van der Waals surface area contributed by atoms with Crippen LogP contribution in [-0.2, 0) is 0 Å². The van der Waals surface area contributed by atoms with Crippen molar-refractivity contribution in [1.82, 2.24) is 10.6 Å². The van der Waals surface area contributed by atoms with Crippen LogP contribution in [0.1, 0.15) is 24.4 Å². The van der Waals surface area contributed by atoms with Crippen LogP contribution in [0.2, 0.25) is 0 Å². The molecule has 0 bridgehead atoms. The number of benzene rings is 1. The van der Waals surface area contributed by atoms with Crippen LogP contribution in [0.25, 0.3) is 0 Å². The van der Waals surface area contributed by atoms with Crippen LogP contribution in [0, 0.1) is 0 Å². The summed E-state index contributed by atoms with van der Waals surface area (Å²) < 4.78 is 24.0. The second kappa shape index (κ2) is 8.42. The number of hydrogen-bond acceptors (Lipinski definition) is 2. The first-order valence-corrected chi connectivity index (χ1v) is 6.11. The van der Waals surface area contributed by atoms with E-state index in [0.717, 1.165) is 5.56 Å². The SMILES string of the molecule is O=C(NCC(F)F)N[C@H](CCCO)c1ccccc1. The molecule has 0 saturated carbocycles. The van der Waals surface area contributed by atoms with E-state index in [1.165, 1.54) is 0 Å². The number of carbonyl (C=O) groups is 1. The molecule has 0 fully saturated rings. The van der Waals surface area contributed by atoms with Gasteiger partial charge in [-0.15, -0.1) is 0 Å². The van der Waals surface area contributed by atoms with Crippen molar-refractivity contribution in [2.24, 2.45) is 0 Å². The zero-order chi connectivity index (χ0) is 14.1. The Hall–Kier alpha value is -1.69. The van der Waals surface area contributed by atoms with Crippen molar-refractivity contribution >= 4 is 6.03 Å². The molecule has 4 nitrogen and oxygen atoms in total. The van der Waals surface area contributed by atoms with Crippen LogP contribution < -0.4 is 10.6 Å². The molecule has 1 aromatic carbocycles. The summed E-state index contributed by atoms with van der Waals surface area (Å²) in [4.78, 5) is 11.5. The topological polar surface area (TPSA) is 61.4 Å². The highest BCUT2D eigenvalue weighted by molar-refractivity contribution is 5.74. The van der Waals surface area contributed by atoms with E-state index in [1.807, 2.05) is 30.3 Å². The third kappa shape index (κ3) is 6.15. The fourth-order valence-corrected chi connectivity index (χ4v) is 1.68. The third-order valence-corrected chi connectivity index (χ3v) is 2.58. The van der Waals surface area contributed by atoms with Gasteiger partial charge in [0.15, 0.2) is 0 Å². The molecule has 19 heavy (non-hydrogen) atoms. The summed E-state index contributed by atoms with van der Waals surface area (Å²) in [5.41, 5.74) is 0.878. The molecule has 0 aliphatic rings. The van der Waals surface area contributed by atoms with Gasteiger partial charge in [-0.2, -0.15) is 0 Å². The smallest absolute Gasteiger partial charge is 0.315 e. The zero-order valence-corrected chi connectivity index (χ0v) is 10.5. The number of amides is 2. The van der Waals surface area contributed by atoms with E-state index < -0.39 is 19.0 Å². The average Bonchev–Trinajstić information content (AvgIpc) is 2.42. The number of aliphatic hydroxyl groups excluding tert-OH is 1. The molecule has 0 spiro atoms. The lowest BCUT2D eigenvalue weighted by molar-refractivity contribution is 0.146. The Morgan fingerprint density at radius 2 is 1.95 bits per heavy atom. The molecular formula is C13H18F2N2O2. The van der Waals surface area contributed by atoms with Crippen LogP contribution in [0.15, 0.2) is 30.3 Å². The van der Waals surface area contributed by atoms with Gasteiger partial charge >= 0.3 is 6.03 Å². The number of nitrogens with one attached hydrogen (secondary N) is 2. The lowest BCUT2D eigenvalue weighted by Gasteiger charge is -2.19. The van der Waals surface area contributed by atoms with Gasteiger partial charge in [0.05, 0.1) is 12.6 Å². The van der Waals surface area contributed by atoms with Gasteiger partial charge in [0, 0.05) is 6.61 Å². The molecule has 1 atom stereocenters. The molecule has 0 aliphatic carbocycles. The number of aliphatic hydroxyl groups is 1. The Morgan fingerprint density at radius 3 is 2.53 bits per heavy atom. The maximum absolute atomic E-state index is 12.0. The molecule has 6 heteroatoms. The highest BCUT2D eigenvalue weighted by Crippen LogP contribution is 2.17. The van der Waals surface area contributed by atoms with E-state index in [9.17, 15) is 13.6 Å². The van der Waals surface area contributed by atoms with E-state index in [2.05, 4.69) is 10.6 Å². The molecule has 0 aromatic heterocycles. The summed E-state index contributed by atoms with van der Waals surface area (Å²) >= 11 is 0. The molecule has 2 amide bonds. The quantitative estimate of drug-likeness (QED) is 0.711. The molecule has 0 radical (unpaired) electrons. The van der Waals surface area contributed by atoms with Gasteiger partial charge in [-0.3, -0.25) is 0 Å². The molecule has 106 valence electrons. The minimum absolute atomic E-state index is 0.0175. The van der Waals surface area contributed by atoms with E-state index in [4.69, 9.17) is 5.11 Å². The molecule has 1 rings (SSSR count). The Labute approximate surface area is 110 Å². The van der Waals surface area contributed by atoms with Crippen molar-refractivity contribution in [3.8, 4) is 0 Å². The standard InChI is InChI=1S/C13H18F2N2O2/c14-12(15)9-16-13(19)17-11(7-4-8-18)10-5-2-1-3-6-10/h1-3,5-6,11-12,18H,4,7-9H2,(H2,16,17,19)/t11-/m1/s1. The van der Waals surface area contributed by atoms with Crippen LogP contribution in [0.4, 0.5) is 13.6 Å². The van der Waals surface area contributed by atoms with Crippen LogP contribution in [0.3, 0.4) is 0 Å². The summed E-state index contributed by atoms with van der Waals surface area (Å²) in [6.07, 6.45) is -1.50. The average molecular weight is 272 g/mol. The number of hydrogen-bond donors (Lipinski definition) is 3. The Balaban J connectivity index is 2.57. The Kier molecular flexibility index (Phi) is 6.81. The van der Waals surface area contributed by atoms with E-state index >= 15 is 0 Å². The number of halogens is 2. The zero-order valence-electron chi connectivity index (χ0n) is 10.5. The van der Waals surface area contributed by atoms with Gasteiger partial charge in [-0.1, -0.05) is 30.3 Å². The second-order valence-electron chi connectivity index (χ2n) is 4.07. The summed E-state index contributed by atoms with van der Waals surface area (Å²) in [5, 5.41) is 13.6. The van der Waals surface area contributed by atoms with Crippen molar-refractivity contribution in [1.29, 1.82) is 0 Å². The van der Waals surface area contributed by atoms with Gasteiger partial charge < -0.3 is 15.7 Å². The number of alkyl halides is 2. The van der Waals surface area contributed by atoms with Gasteiger partial charge in [0.1, 0.15) is 0 Å². The first-order valence-electron chi connectivity index (χ1n) is 6.11. The lowest BCUT2D eigenvalue weighted by atomic mass is 10.0.